The highest BCUT2D eigenvalue weighted by atomic mass is 19.1. The van der Waals surface area contributed by atoms with E-state index in [1.807, 2.05) is 11.9 Å². The van der Waals surface area contributed by atoms with Gasteiger partial charge in [0.05, 0.1) is 0 Å². The summed E-state index contributed by atoms with van der Waals surface area (Å²) in [5.74, 6) is 0.264. The molecular weight excluding hydrogens is 179 g/mol. The summed E-state index contributed by atoms with van der Waals surface area (Å²) >= 11 is 0. The first-order chi connectivity index (χ1) is 6.49. The summed E-state index contributed by atoms with van der Waals surface area (Å²) in [4.78, 5) is 2.00. The van der Waals surface area contributed by atoms with Crippen LogP contribution in [0.15, 0.2) is 18.2 Å². The number of nitrogens with two attached hydrogens (primary N) is 1. The summed E-state index contributed by atoms with van der Waals surface area (Å²) < 4.78 is 13.0. The van der Waals surface area contributed by atoms with Gasteiger partial charge in [-0.25, -0.2) is 4.39 Å². The van der Waals surface area contributed by atoms with Crippen LogP contribution < -0.4 is 10.6 Å². The van der Waals surface area contributed by atoms with Gasteiger partial charge in [0, 0.05) is 25.0 Å². The van der Waals surface area contributed by atoms with E-state index in [0.717, 1.165) is 12.2 Å². The minimum atomic E-state index is -0.282. The molecule has 0 aliphatic carbocycles. The number of anilines is 2. The second kappa shape index (κ2) is 4.31. The second-order valence-electron chi connectivity index (χ2n) is 4.02. The third kappa shape index (κ3) is 2.91. The standard InChI is InChI=1S/C11H17FN2/c1-8(2)7-14(3)11-5-9(12)4-10(13)6-11/h4-6,8H,7,13H2,1-3H3. The Morgan fingerprint density at radius 2 is 2.00 bits per heavy atom. The molecule has 0 amide bonds. The summed E-state index contributed by atoms with van der Waals surface area (Å²) in [6, 6.07) is 4.61. The minimum Gasteiger partial charge on any atom is -0.399 e. The van der Waals surface area contributed by atoms with Crippen molar-refractivity contribution in [2.45, 2.75) is 13.8 Å². The van der Waals surface area contributed by atoms with Gasteiger partial charge in [-0.15, -0.1) is 0 Å². The Kier molecular flexibility index (Phi) is 3.33. The normalized spacial score (nSPS) is 10.6. The van der Waals surface area contributed by atoms with Crippen LogP contribution in [0.2, 0.25) is 0 Å². The van der Waals surface area contributed by atoms with E-state index >= 15 is 0 Å². The van der Waals surface area contributed by atoms with Crippen molar-refractivity contribution in [2.75, 3.05) is 24.2 Å². The average molecular weight is 196 g/mol. The highest BCUT2D eigenvalue weighted by Gasteiger charge is 2.05. The van der Waals surface area contributed by atoms with Gasteiger partial charge in [0.1, 0.15) is 5.82 Å². The lowest BCUT2D eigenvalue weighted by Gasteiger charge is -2.21. The lowest BCUT2D eigenvalue weighted by Crippen LogP contribution is -2.22. The molecule has 0 spiro atoms. The zero-order valence-electron chi connectivity index (χ0n) is 8.92. The number of benzene rings is 1. The molecule has 1 aromatic carbocycles. The summed E-state index contributed by atoms with van der Waals surface area (Å²) in [5, 5.41) is 0. The maximum atomic E-state index is 13.0. The van der Waals surface area contributed by atoms with Crippen LogP contribution in [-0.4, -0.2) is 13.6 Å². The van der Waals surface area contributed by atoms with E-state index in [1.165, 1.54) is 12.1 Å². The first-order valence-corrected chi connectivity index (χ1v) is 4.76. The molecule has 0 saturated carbocycles. The molecule has 0 saturated heterocycles. The lowest BCUT2D eigenvalue weighted by molar-refractivity contribution is 0.620. The van der Waals surface area contributed by atoms with E-state index in [-0.39, 0.29) is 5.82 Å². The van der Waals surface area contributed by atoms with E-state index < -0.39 is 0 Å². The zero-order chi connectivity index (χ0) is 10.7. The summed E-state index contributed by atoms with van der Waals surface area (Å²) in [6.45, 7) is 5.14. The van der Waals surface area contributed by atoms with Gasteiger partial charge in [0.2, 0.25) is 0 Å². The topological polar surface area (TPSA) is 29.3 Å². The maximum Gasteiger partial charge on any atom is 0.127 e. The molecule has 2 N–H and O–H groups in total. The van der Waals surface area contributed by atoms with Crippen molar-refractivity contribution in [3.63, 3.8) is 0 Å². The van der Waals surface area contributed by atoms with E-state index in [9.17, 15) is 4.39 Å². The van der Waals surface area contributed by atoms with Crippen LogP contribution in [0, 0.1) is 11.7 Å². The number of hydrogen-bond acceptors (Lipinski definition) is 2. The number of hydrogen-bond donors (Lipinski definition) is 1. The molecule has 78 valence electrons. The van der Waals surface area contributed by atoms with Gasteiger partial charge in [0.25, 0.3) is 0 Å². The highest BCUT2D eigenvalue weighted by molar-refractivity contribution is 5.55. The summed E-state index contributed by atoms with van der Waals surface area (Å²) in [6.07, 6.45) is 0. The maximum absolute atomic E-state index is 13.0. The van der Waals surface area contributed by atoms with Crippen molar-refractivity contribution in [3.05, 3.63) is 24.0 Å². The highest BCUT2D eigenvalue weighted by Crippen LogP contribution is 2.19. The summed E-state index contributed by atoms with van der Waals surface area (Å²) in [7, 11) is 1.94. The molecular formula is C11H17FN2. The SMILES string of the molecule is CC(C)CN(C)c1cc(N)cc(F)c1. The van der Waals surface area contributed by atoms with Crippen LogP contribution in [0.1, 0.15) is 13.8 Å². The Morgan fingerprint density at radius 1 is 1.36 bits per heavy atom. The van der Waals surface area contributed by atoms with Gasteiger partial charge in [0.15, 0.2) is 0 Å². The van der Waals surface area contributed by atoms with E-state index in [0.29, 0.717) is 11.6 Å². The average Bonchev–Trinajstić information content (AvgIpc) is 2.00. The van der Waals surface area contributed by atoms with Crippen molar-refractivity contribution in [1.82, 2.24) is 0 Å². The molecule has 0 bridgehead atoms. The zero-order valence-corrected chi connectivity index (χ0v) is 8.92. The number of nitrogens with zero attached hydrogens (tertiary/aromatic N) is 1. The Labute approximate surface area is 84.5 Å². The molecule has 2 nitrogen and oxygen atoms in total. The van der Waals surface area contributed by atoms with Crippen molar-refractivity contribution in [3.8, 4) is 0 Å². The molecule has 0 heterocycles. The number of nitrogen functional groups attached to an aromatic ring is 1. The summed E-state index contributed by atoms with van der Waals surface area (Å²) in [5.41, 5.74) is 6.86. The van der Waals surface area contributed by atoms with E-state index in [1.54, 1.807) is 6.07 Å². The first-order valence-electron chi connectivity index (χ1n) is 4.76. The Balaban J connectivity index is 2.84. The molecule has 14 heavy (non-hydrogen) atoms. The van der Waals surface area contributed by atoms with Crippen LogP contribution in [0.4, 0.5) is 15.8 Å². The van der Waals surface area contributed by atoms with E-state index in [4.69, 9.17) is 5.73 Å². The second-order valence-corrected chi connectivity index (χ2v) is 4.02. The Bertz CT molecular complexity index is 290. The Morgan fingerprint density at radius 3 is 2.50 bits per heavy atom. The van der Waals surface area contributed by atoms with Crippen molar-refractivity contribution >= 4 is 11.4 Å². The monoisotopic (exact) mass is 196 g/mol. The van der Waals surface area contributed by atoms with Gasteiger partial charge in [-0.3, -0.25) is 0 Å². The molecule has 0 fully saturated rings. The molecule has 0 aromatic heterocycles. The number of rotatable bonds is 3. The fourth-order valence-corrected chi connectivity index (χ4v) is 1.47. The van der Waals surface area contributed by atoms with Gasteiger partial charge in [-0.2, -0.15) is 0 Å². The van der Waals surface area contributed by atoms with Gasteiger partial charge in [-0.1, -0.05) is 13.8 Å². The fourth-order valence-electron chi connectivity index (χ4n) is 1.47. The lowest BCUT2D eigenvalue weighted by atomic mass is 10.2. The smallest absolute Gasteiger partial charge is 0.127 e. The molecule has 0 unspecified atom stereocenters. The molecule has 1 rings (SSSR count). The predicted octanol–water partition coefficient (Wildman–Crippen LogP) is 2.50. The van der Waals surface area contributed by atoms with Crippen molar-refractivity contribution in [1.29, 1.82) is 0 Å². The predicted molar refractivity (Wildman–Crippen MR) is 58.9 cm³/mol. The molecule has 0 atom stereocenters. The van der Waals surface area contributed by atoms with Crippen LogP contribution in [0.25, 0.3) is 0 Å². The molecule has 1 aromatic rings. The van der Waals surface area contributed by atoms with Crippen molar-refractivity contribution < 1.29 is 4.39 Å². The first kappa shape index (κ1) is 10.8. The van der Waals surface area contributed by atoms with Crippen LogP contribution >= 0.6 is 0 Å². The Hall–Kier alpha value is -1.25. The minimum absolute atomic E-state index is 0.282. The van der Waals surface area contributed by atoms with E-state index in [2.05, 4.69) is 13.8 Å². The van der Waals surface area contributed by atoms with Crippen LogP contribution in [0.5, 0.6) is 0 Å². The third-order valence-electron chi connectivity index (χ3n) is 1.98. The fraction of sp³-hybridized carbons (Fsp3) is 0.455. The quantitative estimate of drug-likeness (QED) is 0.752. The molecule has 0 aliphatic heterocycles. The largest absolute Gasteiger partial charge is 0.399 e. The third-order valence-corrected chi connectivity index (χ3v) is 1.98. The molecule has 0 radical (unpaired) electrons. The molecule has 0 aliphatic rings. The van der Waals surface area contributed by atoms with Crippen LogP contribution in [-0.2, 0) is 0 Å². The number of halogens is 1. The van der Waals surface area contributed by atoms with Gasteiger partial charge >= 0.3 is 0 Å². The van der Waals surface area contributed by atoms with Crippen molar-refractivity contribution in [2.24, 2.45) is 5.92 Å². The van der Waals surface area contributed by atoms with Gasteiger partial charge in [-0.05, 0) is 24.1 Å². The molecule has 3 heteroatoms. The van der Waals surface area contributed by atoms with Gasteiger partial charge < -0.3 is 10.6 Å². The van der Waals surface area contributed by atoms with Crippen LogP contribution in [0.3, 0.4) is 0 Å².